The number of rotatable bonds is 4. The van der Waals surface area contributed by atoms with Crippen molar-refractivity contribution in [1.29, 1.82) is 0 Å². The lowest BCUT2D eigenvalue weighted by molar-refractivity contribution is -0.00539. The van der Waals surface area contributed by atoms with E-state index in [1.165, 1.54) is 18.2 Å². The summed E-state index contributed by atoms with van der Waals surface area (Å²) < 4.78 is 47.7. The number of phenolic OH excluding ortho intramolecular Hbond substituents is 1. The van der Waals surface area contributed by atoms with Crippen LogP contribution in [0.3, 0.4) is 0 Å². The number of aromatic hydroxyl groups is 1. The second kappa shape index (κ2) is 7.36. The van der Waals surface area contributed by atoms with Gasteiger partial charge in [0, 0.05) is 19.2 Å². The van der Waals surface area contributed by atoms with E-state index in [9.17, 15) is 17.9 Å². The number of phenols is 1. The van der Waals surface area contributed by atoms with Crippen LogP contribution in [0.25, 0.3) is 0 Å². The summed E-state index contributed by atoms with van der Waals surface area (Å²) in [5, 5.41) is 9.86. The highest BCUT2D eigenvalue weighted by Crippen LogP contribution is 2.29. The third-order valence-corrected chi connectivity index (χ3v) is 5.78. The molecule has 1 aliphatic rings. The van der Waals surface area contributed by atoms with Gasteiger partial charge >= 0.3 is 0 Å². The predicted molar refractivity (Wildman–Crippen MR) is 102 cm³/mol. The van der Waals surface area contributed by atoms with Gasteiger partial charge in [-0.1, -0.05) is 6.07 Å². The minimum Gasteiger partial charge on any atom is -0.507 e. The highest BCUT2D eigenvalue weighted by atomic mass is 32.2. The Morgan fingerprint density at radius 2 is 1.81 bits per heavy atom. The van der Waals surface area contributed by atoms with E-state index in [0.29, 0.717) is 24.3 Å². The average Bonchev–Trinajstić information content (AvgIpc) is 2.55. The van der Waals surface area contributed by atoms with Gasteiger partial charge in [0.05, 0.1) is 23.6 Å². The SMILES string of the molecule is Cc1ccc(O)c(S(=O)(=O)Nc2ccc(N3C[C@H](C)O[C@@H](C)C3)c(F)c2)c1. The molecule has 0 aliphatic carbocycles. The average molecular weight is 394 g/mol. The lowest BCUT2D eigenvalue weighted by atomic mass is 10.2. The summed E-state index contributed by atoms with van der Waals surface area (Å²) in [7, 11) is -4.04. The topological polar surface area (TPSA) is 78.9 Å². The zero-order valence-electron chi connectivity index (χ0n) is 15.4. The van der Waals surface area contributed by atoms with E-state index in [-0.39, 0.29) is 28.5 Å². The number of aryl methyl sites for hydroxylation is 1. The maximum Gasteiger partial charge on any atom is 0.265 e. The first-order chi connectivity index (χ1) is 12.7. The smallest absolute Gasteiger partial charge is 0.265 e. The molecule has 1 heterocycles. The van der Waals surface area contributed by atoms with Crippen LogP contribution in [0, 0.1) is 12.7 Å². The maximum atomic E-state index is 14.6. The predicted octanol–water partition coefficient (Wildman–Crippen LogP) is 3.25. The van der Waals surface area contributed by atoms with Gasteiger partial charge in [0.15, 0.2) is 0 Å². The van der Waals surface area contributed by atoms with E-state index >= 15 is 0 Å². The Morgan fingerprint density at radius 1 is 1.15 bits per heavy atom. The number of nitrogens with zero attached hydrogens (tertiary/aromatic N) is 1. The van der Waals surface area contributed by atoms with Crippen LogP contribution in [-0.4, -0.2) is 38.8 Å². The molecule has 8 heteroatoms. The number of sulfonamides is 1. The van der Waals surface area contributed by atoms with E-state index in [4.69, 9.17) is 4.74 Å². The molecule has 1 saturated heterocycles. The van der Waals surface area contributed by atoms with Crippen molar-refractivity contribution in [3.05, 3.63) is 47.8 Å². The second-order valence-electron chi connectivity index (χ2n) is 6.91. The highest BCUT2D eigenvalue weighted by Gasteiger charge is 2.25. The van der Waals surface area contributed by atoms with E-state index in [1.807, 2.05) is 18.7 Å². The lowest BCUT2D eigenvalue weighted by Gasteiger charge is -2.37. The fourth-order valence-corrected chi connectivity index (χ4v) is 4.48. The van der Waals surface area contributed by atoms with Crippen molar-refractivity contribution in [2.24, 2.45) is 0 Å². The van der Waals surface area contributed by atoms with Crippen LogP contribution in [0.1, 0.15) is 19.4 Å². The maximum absolute atomic E-state index is 14.6. The highest BCUT2D eigenvalue weighted by molar-refractivity contribution is 7.92. The molecule has 146 valence electrons. The van der Waals surface area contributed by atoms with Crippen molar-refractivity contribution in [3.8, 4) is 5.75 Å². The molecule has 2 N–H and O–H groups in total. The lowest BCUT2D eigenvalue weighted by Crippen LogP contribution is -2.45. The van der Waals surface area contributed by atoms with Gasteiger partial charge < -0.3 is 14.7 Å². The van der Waals surface area contributed by atoms with Gasteiger partial charge in [-0.15, -0.1) is 0 Å². The minimum atomic E-state index is -4.04. The monoisotopic (exact) mass is 394 g/mol. The first kappa shape index (κ1) is 19.4. The van der Waals surface area contributed by atoms with Gasteiger partial charge in [-0.3, -0.25) is 4.72 Å². The Bertz CT molecular complexity index is 939. The van der Waals surface area contributed by atoms with Gasteiger partial charge in [-0.05, 0) is 50.6 Å². The summed E-state index contributed by atoms with van der Waals surface area (Å²) in [6, 6.07) is 8.48. The van der Waals surface area contributed by atoms with Gasteiger partial charge in [-0.25, -0.2) is 12.8 Å². The largest absolute Gasteiger partial charge is 0.507 e. The van der Waals surface area contributed by atoms with Crippen LogP contribution in [0.5, 0.6) is 5.75 Å². The molecule has 1 aliphatic heterocycles. The summed E-state index contributed by atoms with van der Waals surface area (Å²) in [6.07, 6.45) is -0.0359. The molecular formula is C19H23FN2O4S. The number of nitrogens with one attached hydrogen (secondary N) is 1. The summed E-state index contributed by atoms with van der Waals surface area (Å²) in [5.74, 6) is -0.883. The van der Waals surface area contributed by atoms with Crippen molar-refractivity contribution >= 4 is 21.4 Å². The molecule has 0 aromatic heterocycles. The van der Waals surface area contributed by atoms with Crippen molar-refractivity contribution < 1.29 is 22.7 Å². The number of hydrogen-bond acceptors (Lipinski definition) is 5. The Kier molecular flexibility index (Phi) is 5.30. The molecule has 2 aromatic carbocycles. The van der Waals surface area contributed by atoms with Crippen LogP contribution in [-0.2, 0) is 14.8 Å². The van der Waals surface area contributed by atoms with Gasteiger partial charge in [0.25, 0.3) is 10.0 Å². The van der Waals surface area contributed by atoms with Crippen LogP contribution >= 0.6 is 0 Å². The van der Waals surface area contributed by atoms with E-state index < -0.39 is 15.8 Å². The first-order valence-electron chi connectivity index (χ1n) is 8.68. The quantitative estimate of drug-likeness (QED) is 0.832. The fourth-order valence-electron chi connectivity index (χ4n) is 3.25. The molecule has 0 amide bonds. The Labute approximate surface area is 158 Å². The summed E-state index contributed by atoms with van der Waals surface area (Å²) >= 11 is 0. The molecule has 0 radical (unpaired) electrons. The first-order valence-corrected chi connectivity index (χ1v) is 10.2. The normalized spacial score (nSPS) is 20.5. The van der Waals surface area contributed by atoms with Crippen molar-refractivity contribution in [2.75, 3.05) is 22.7 Å². The van der Waals surface area contributed by atoms with Crippen LogP contribution < -0.4 is 9.62 Å². The van der Waals surface area contributed by atoms with Crippen molar-refractivity contribution in [3.63, 3.8) is 0 Å². The molecule has 0 spiro atoms. The molecule has 6 nitrogen and oxygen atoms in total. The van der Waals surface area contributed by atoms with Gasteiger partial charge in [-0.2, -0.15) is 0 Å². The summed E-state index contributed by atoms with van der Waals surface area (Å²) in [4.78, 5) is 1.64. The molecule has 2 atom stereocenters. The van der Waals surface area contributed by atoms with E-state index in [2.05, 4.69) is 4.72 Å². The molecular weight excluding hydrogens is 371 g/mol. The Morgan fingerprint density at radius 3 is 2.44 bits per heavy atom. The number of benzene rings is 2. The summed E-state index contributed by atoms with van der Waals surface area (Å²) in [6.45, 7) is 6.69. The molecule has 2 aromatic rings. The second-order valence-corrected chi connectivity index (χ2v) is 8.56. The van der Waals surface area contributed by atoms with Gasteiger partial charge in [0.1, 0.15) is 16.5 Å². The van der Waals surface area contributed by atoms with Crippen LogP contribution in [0.2, 0.25) is 0 Å². The molecule has 27 heavy (non-hydrogen) atoms. The van der Waals surface area contributed by atoms with Crippen molar-refractivity contribution in [1.82, 2.24) is 0 Å². The standard InChI is InChI=1S/C19H23FN2O4S/c1-12-4-7-18(23)19(8-12)27(24,25)21-15-5-6-17(16(20)9-15)22-10-13(2)26-14(3)11-22/h4-9,13-14,21,23H,10-11H2,1-3H3/t13-,14-/m0/s1. The third kappa shape index (κ3) is 4.33. The third-order valence-electron chi connectivity index (χ3n) is 4.37. The number of halogens is 1. The fraction of sp³-hybridized carbons (Fsp3) is 0.368. The zero-order chi connectivity index (χ0) is 19.8. The number of hydrogen-bond donors (Lipinski definition) is 2. The number of morpholine rings is 1. The molecule has 3 rings (SSSR count). The molecule has 0 saturated carbocycles. The Hall–Kier alpha value is -2.32. The van der Waals surface area contributed by atoms with Crippen LogP contribution in [0.4, 0.5) is 15.8 Å². The van der Waals surface area contributed by atoms with Gasteiger partial charge in [0.2, 0.25) is 0 Å². The van der Waals surface area contributed by atoms with E-state index in [1.54, 1.807) is 19.1 Å². The summed E-state index contributed by atoms with van der Waals surface area (Å²) in [5.41, 5.74) is 1.18. The number of anilines is 2. The molecule has 0 bridgehead atoms. The van der Waals surface area contributed by atoms with Crippen molar-refractivity contribution in [2.45, 2.75) is 37.9 Å². The Balaban J connectivity index is 1.84. The molecule has 0 unspecified atom stereocenters. The number of ether oxygens (including phenoxy) is 1. The van der Waals surface area contributed by atoms with E-state index in [0.717, 1.165) is 6.07 Å². The molecule has 1 fully saturated rings. The van der Waals surface area contributed by atoms with Crippen LogP contribution in [0.15, 0.2) is 41.3 Å². The zero-order valence-corrected chi connectivity index (χ0v) is 16.3. The minimum absolute atomic E-state index is 0.0179.